The monoisotopic (exact) mass is 245 g/mol. The molecule has 94 valence electrons. The van der Waals surface area contributed by atoms with Gasteiger partial charge in [-0.15, -0.1) is 0 Å². The summed E-state index contributed by atoms with van der Waals surface area (Å²) in [5, 5.41) is 0. The predicted molar refractivity (Wildman–Crippen MR) is 57.7 cm³/mol. The molecule has 2 N–H and O–H groups in total. The highest BCUT2D eigenvalue weighted by molar-refractivity contribution is 5.45. The van der Waals surface area contributed by atoms with Crippen LogP contribution in [0.3, 0.4) is 0 Å². The van der Waals surface area contributed by atoms with Crippen molar-refractivity contribution in [1.82, 2.24) is 0 Å². The predicted octanol–water partition coefficient (Wildman–Crippen LogP) is 2.73. The van der Waals surface area contributed by atoms with Gasteiger partial charge in [-0.3, -0.25) is 0 Å². The van der Waals surface area contributed by atoms with Gasteiger partial charge in [0.15, 0.2) is 0 Å². The Bertz CT molecular complexity index is 451. The van der Waals surface area contributed by atoms with Crippen molar-refractivity contribution in [3.8, 4) is 5.75 Å². The standard InChI is InChI=1S/C12H14F3NO/c1-7-3-8(13)10(9(4-7)17-2)11(16)5-12(14,15)6-11/h3-4H,5-6,16H2,1-2H3. The van der Waals surface area contributed by atoms with Crippen molar-refractivity contribution in [3.63, 3.8) is 0 Å². The van der Waals surface area contributed by atoms with Crippen LogP contribution in [0, 0.1) is 12.7 Å². The van der Waals surface area contributed by atoms with E-state index in [1.54, 1.807) is 13.0 Å². The third kappa shape index (κ3) is 1.99. The van der Waals surface area contributed by atoms with Gasteiger partial charge >= 0.3 is 0 Å². The van der Waals surface area contributed by atoms with Crippen molar-refractivity contribution in [2.75, 3.05) is 7.11 Å². The van der Waals surface area contributed by atoms with E-state index in [1.165, 1.54) is 13.2 Å². The van der Waals surface area contributed by atoms with Crippen LogP contribution in [0.5, 0.6) is 5.75 Å². The molecule has 0 amide bonds. The minimum Gasteiger partial charge on any atom is -0.496 e. The third-order valence-corrected chi connectivity index (χ3v) is 3.06. The Morgan fingerprint density at radius 1 is 1.29 bits per heavy atom. The summed E-state index contributed by atoms with van der Waals surface area (Å²) >= 11 is 0. The molecular weight excluding hydrogens is 231 g/mol. The maximum absolute atomic E-state index is 13.9. The lowest BCUT2D eigenvalue weighted by molar-refractivity contribution is -0.126. The van der Waals surface area contributed by atoms with E-state index in [0.717, 1.165) is 0 Å². The Hall–Kier alpha value is -1.23. The van der Waals surface area contributed by atoms with Crippen LogP contribution in [-0.2, 0) is 5.54 Å². The number of ether oxygens (including phenoxy) is 1. The van der Waals surface area contributed by atoms with Crippen LogP contribution in [0.4, 0.5) is 13.2 Å². The molecule has 1 fully saturated rings. The smallest absolute Gasteiger partial charge is 0.252 e. The first-order valence-corrected chi connectivity index (χ1v) is 5.29. The van der Waals surface area contributed by atoms with Crippen LogP contribution < -0.4 is 10.5 Å². The summed E-state index contributed by atoms with van der Waals surface area (Å²) in [4.78, 5) is 0. The topological polar surface area (TPSA) is 35.2 Å². The normalized spacial score (nSPS) is 20.8. The van der Waals surface area contributed by atoms with Crippen LogP contribution in [0.25, 0.3) is 0 Å². The summed E-state index contributed by atoms with van der Waals surface area (Å²) in [6, 6.07) is 2.88. The van der Waals surface area contributed by atoms with E-state index in [2.05, 4.69) is 0 Å². The van der Waals surface area contributed by atoms with Crippen molar-refractivity contribution in [1.29, 1.82) is 0 Å². The number of nitrogens with two attached hydrogens (primary N) is 1. The minimum atomic E-state index is -2.81. The molecule has 17 heavy (non-hydrogen) atoms. The van der Waals surface area contributed by atoms with Crippen LogP contribution in [0.15, 0.2) is 12.1 Å². The average molecular weight is 245 g/mol. The van der Waals surface area contributed by atoms with Crippen LogP contribution in [-0.4, -0.2) is 13.0 Å². The first-order chi connectivity index (χ1) is 7.77. The van der Waals surface area contributed by atoms with E-state index in [0.29, 0.717) is 5.56 Å². The van der Waals surface area contributed by atoms with Gasteiger partial charge < -0.3 is 10.5 Å². The van der Waals surface area contributed by atoms with Crippen LogP contribution >= 0.6 is 0 Å². The van der Waals surface area contributed by atoms with Gasteiger partial charge in [-0.25, -0.2) is 13.2 Å². The minimum absolute atomic E-state index is 0.0523. The molecule has 0 aromatic heterocycles. The maximum Gasteiger partial charge on any atom is 0.252 e. The number of hydrogen-bond acceptors (Lipinski definition) is 2. The van der Waals surface area contributed by atoms with Gasteiger partial charge in [0.1, 0.15) is 11.6 Å². The lowest BCUT2D eigenvalue weighted by Gasteiger charge is -2.45. The molecule has 0 aliphatic heterocycles. The highest BCUT2D eigenvalue weighted by Gasteiger charge is 2.57. The molecule has 0 spiro atoms. The average Bonchev–Trinajstić information content (AvgIpc) is 2.12. The first-order valence-electron chi connectivity index (χ1n) is 5.29. The maximum atomic E-state index is 13.9. The largest absolute Gasteiger partial charge is 0.496 e. The molecule has 2 rings (SSSR count). The molecule has 2 nitrogen and oxygen atoms in total. The Labute approximate surface area is 97.6 Å². The van der Waals surface area contributed by atoms with Gasteiger partial charge in [-0.05, 0) is 24.6 Å². The summed E-state index contributed by atoms with van der Waals surface area (Å²) in [7, 11) is 1.37. The number of aryl methyl sites for hydroxylation is 1. The van der Waals surface area contributed by atoms with Gasteiger partial charge in [-0.1, -0.05) is 0 Å². The van der Waals surface area contributed by atoms with E-state index in [-0.39, 0.29) is 11.3 Å². The number of halogens is 3. The zero-order valence-electron chi connectivity index (χ0n) is 9.69. The molecule has 1 saturated carbocycles. The number of rotatable bonds is 2. The van der Waals surface area contributed by atoms with Crippen LogP contribution in [0.2, 0.25) is 0 Å². The van der Waals surface area contributed by atoms with Crippen molar-refractivity contribution < 1.29 is 17.9 Å². The SMILES string of the molecule is COc1cc(C)cc(F)c1C1(N)CC(F)(F)C1. The van der Waals surface area contributed by atoms with Crippen LogP contribution in [0.1, 0.15) is 24.0 Å². The summed E-state index contributed by atoms with van der Waals surface area (Å²) in [5.74, 6) is -3.16. The second kappa shape index (κ2) is 3.63. The van der Waals surface area contributed by atoms with Gasteiger partial charge in [0.05, 0.1) is 18.2 Å². The molecule has 1 aromatic carbocycles. The summed E-state index contributed by atoms with van der Waals surface area (Å²) < 4.78 is 44.7. The van der Waals surface area contributed by atoms with E-state index >= 15 is 0 Å². The lowest BCUT2D eigenvalue weighted by Crippen LogP contribution is -2.56. The number of benzene rings is 1. The van der Waals surface area contributed by atoms with E-state index < -0.39 is 30.1 Å². The molecule has 0 saturated heterocycles. The molecule has 0 unspecified atom stereocenters. The zero-order chi connectivity index (χ0) is 12.8. The van der Waals surface area contributed by atoms with Crippen molar-refractivity contribution in [2.45, 2.75) is 31.2 Å². The number of alkyl halides is 2. The van der Waals surface area contributed by atoms with E-state index in [9.17, 15) is 13.2 Å². The Morgan fingerprint density at radius 3 is 2.35 bits per heavy atom. The second-order valence-electron chi connectivity index (χ2n) is 4.69. The van der Waals surface area contributed by atoms with Crippen molar-refractivity contribution >= 4 is 0 Å². The van der Waals surface area contributed by atoms with E-state index in [1.807, 2.05) is 0 Å². The molecule has 0 atom stereocenters. The van der Waals surface area contributed by atoms with Gasteiger partial charge in [-0.2, -0.15) is 0 Å². The molecule has 1 aliphatic carbocycles. The summed E-state index contributed by atoms with van der Waals surface area (Å²) in [6.45, 7) is 1.70. The Balaban J connectivity index is 2.46. The molecule has 5 heteroatoms. The number of methoxy groups -OCH3 is 1. The number of hydrogen-bond donors (Lipinski definition) is 1. The molecule has 0 heterocycles. The molecule has 0 radical (unpaired) electrons. The fourth-order valence-corrected chi connectivity index (χ4v) is 2.40. The molecule has 1 aliphatic rings. The quantitative estimate of drug-likeness (QED) is 0.869. The van der Waals surface area contributed by atoms with Gasteiger partial charge in [0.2, 0.25) is 0 Å². The van der Waals surface area contributed by atoms with Crippen molar-refractivity contribution in [2.24, 2.45) is 5.73 Å². The highest BCUT2D eigenvalue weighted by Crippen LogP contribution is 2.52. The van der Waals surface area contributed by atoms with Crippen molar-refractivity contribution in [3.05, 3.63) is 29.1 Å². The lowest BCUT2D eigenvalue weighted by atomic mass is 9.69. The Kier molecular flexibility index (Phi) is 2.61. The highest BCUT2D eigenvalue weighted by atomic mass is 19.3. The first kappa shape index (κ1) is 12.2. The fourth-order valence-electron chi connectivity index (χ4n) is 2.40. The summed E-state index contributed by atoms with van der Waals surface area (Å²) in [5.41, 5.74) is 5.22. The van der Waals surface area contributed by atoms with E-state index in [4.69, 9.17) is 10.5 Å². The zero-order valence-corrected chi connectivity index (χ0v) is 9.69. The molecule has 1 aromatic rings. The molecular formula is C12H14F3NO. The van der Waals surface area contributed by atoms with Gasteiger partial charge in [0, 0.05) is 12.8 Å². The second-order valence-corrected chi connectivity index (χ2v) is 4.69. The summed E-state index contributed by atoms with van der Waals surface area (Å²) in [6.07, 6.45) is -1.09. The Morgan fingerprint density at radius 2 is 1.88 bits per heavy atom. The fraction of sp³-hybridized carbons (Fsp3) is 0.500. The van der Waals surface area contributed by atoms with Gasteiger partial charge in [0.25, 0.3) is 5.92 Å². The third-order valence-electron chi connectivity index (χ3n) is 3.06. The molecule has 0 bridgehead atoms.